The van der Waals surface area contributed by atoms with Crippen molar-refractivity contribution in [2.24, 2.45) is 11.8 Å². The molecule has 0 heterocycles. The van der Waals surface area contributed by atoms with Gasteiger partial charge in [0.25, 0.3) is 0 Å². The van der Waals surface area contributed by atoms with Crippen molar-refractivity contribution in [2.75, 3.05) is 6.54 Å². The number of rotatable bonds is 4. The van der Waals surface area contributed by atoms with Gasteiger partial charge in [0.2, 0.25) is 0 Å². The normalized spacial score (nSPS) is 25.3. The molecule has 0 bridgehead atoms. The van der Waals surface area contributed by atoms with Crippen LogP contribution in [-0.2, 0) is 0 Å². The second-order valence-corrected chi connectivity index (χ2v) is 6.58. The van der Waals surface area contributed by atoms with Gasteiger partial charge < -0.3 is 5.32 Å². The highest BCUT2D eigenvalue weighted by molar-refractivity contribution is 9.10. The van der Waals surface area contributed by atoms with E-state index in [0.29, 0.717) is 12.0 Å². The van der Waals surface area contributed by atoms with Gasteiger partial charge in [0, 0.05) is 10.5 Å². The molecule has 1 saturated carbocycles. The van der Waals surface area contributed by atoms with Gasteiger partial charge in [0.05, 0.1) is 0 Å². The SMILES string of the molecule is CCNC(c1ccc(F)cc1Br)C1CCC(C)CC1. The van der Waals surface area contributed by atoms with Crippen molar-refractivity contribution in [3.63, 3.8) is 0 Å². The molecule has 3 heteroatoms. The molecule has 0 aliphatic heterocycles. The number of nitrogens with one attached hydrogen (secondary N) is 1. The Morgan fingerprint density at radius 2 is 2.00 bits per heavy atom. The molecule has 0 radical (unpaired) electrons. The summed E-state index contributed by atoms with van der Waals surface area (Å²) in [6.45, 7) is 5.42. The molecule has 1 aromatic carbocycles. The molecule has 1 aliphatic carbocycles. The molecule has 0 spiro atoms. The van der Waals surface area contributed by atoms with Gasteiger partial charge in [0.1, 0.15) is 5.82 Å². The van der Waals surface area contributed by atoms with Crippen LogP contribution in [0.3, 0.4) is 0 Å². The van der Waals surface area contributed by atoms with Crippen LogP contribution < -0.4 is 5.32 Å². The van der Waals surface area contributed by atoms with Crippen molar-refractivity contribution in [1.82, 2.24) is 5.32 Å². The Morgan fingerprint density at radius 3 is 2.58 bits per heavy atom. The first-order valence-corrected chi connectivity index (χ1v) is 8.09. The van der Waals surface area contributed by atoms with E-state index in [4.69, 9.17) is 0 Å². The van der Waals surface area contributed by atoms with Crippen molar-refractivity contribution < 1.29 is 4.39 Å². The summed E-state index contributed by atoms with van der Waals surface area (Å²) in [5, 5.41) is 3.59. The Balaban J connectivity index is 2.19. The zero-order valence-corrected chi connectivity index (χ0v) is 13.3. The Bertz CT molecular complexity index is 413. The highest BCUT2D eigenvalue weighted by Gasteiger charge is 2.27. The fourth-order valence-corrected chi connectivity index (χ4v) is 3.72. The van der Waals surface area contributed by atoms with Crippen LogP contribution in [0.4, 0.5) is 4.39 Å². The van der Waals surface area contributed by atoms with Crippen LogP contribution in [0.15, 0.2) is 22.7 Å². The molecule has 1 fully saturated rings. The van der Waals surface area contributed by atoms with Gasteiger partial charge in [-0.25, -0.2) is 4.39 Å². The zero-order valence-electron chi connectivity index (χ0n) is 11.8. The van der Waals surface area contributed by atoms with E-state index in [2.05, 4.69) is 35.1 Å². The van der Waals surface area contributed by atoms with Crippen molar-refractivity contribution in [2.45, 2.75) is 45.6 Å². The summed E-state index contributed by atoms with van der Waals surface area (Å²) in [4.78, 5) is 0. The molecule has 1 atom stereocenters. The first-order chi connectivity index (χ1) is 9.11. The lowest BCUT2D eigenvalue weighted by molar-refractivity contribution is 0.232. The average Bonchev–Trinajstić information content (AvgIpc) is 2.38. The van der Waals surface area contributed by atoms with Crippen LogP contribution in [0, 0.1) is 17.7 Å². The number of hydrogen-bond donors (Lipinski definition) is 1. The van der Waals surface area contributed by atoms with Crippen LogP contribution in [0.5, 0.6) is 0 Å². The predicted octanol–water partition coefficient (Wildman–Crippen LogP) is 5.07. The molecule has 1 nitrogen and oxygen atoms in total. The van der Waals surface area contributed by atoms with Gasteiger partial charge in [-0.15, -0.1) is 0 Å². The summed E-state index contributed by atoms with van der Waals surface area (Å²) < 4.78 is 14.1. The summed E-state index contributed by atoms with van der Waals surface area (Å²) in [6, 6.07) is 5.40. The third-order valence-electron chi connectivity index (χ3n) is 4.25. The van der Waals surface area contributed by atoms with Crippen LogP contribution in [0.1, 0.15) is 51.1 Å². The van der Waals surface area contributed by atoms with Gasteiger partial charge in [0.15, 0.2) is 0 Å². The third-order valence-corrected chi connectivity index (χ3v) is 4.94. The van der Waals surface area contributed by atoms with E-state index in [9.17, 15) is 4.39 Å². The van der Waals surface area contributed by atoms with E-state index in [1.807, 2.05) is 6.07 Å². The third kappa shape index (κ3) is 3.79. The van der Waals surface area contributed by atoms with E-state index in [1.165, 1.54) is 31.2 Å². The largest absolute Gasteiger partial charge is 0.310 e. The van der Waals surface area contributed by atoms with E-state index in [0.717, 1.165) is 16.9 Å². The molecule has 19 heavy (non-hydrogen) atoms. The van der Waals surface area contributed by atoms with Crippen molar-refractivity contribution in [1.29, 1.82) is 0 Å². The molecule has 1 unspecified atom stereocenters. The quantitative estimate of drug-likeness (QED) is 0.814. The zero-order chi connectivity index (χ0) is 13.8. The minimum atomic E-state index is -0.178. The molecule has 2 rings (SSSR count). The maximum Gasteiger partial charge on any atom is 0.124 e. The minimum absolute atomic E-state index is 0.178. The van der Waals surface area contributed by atoms with Gasteiger partial charge in [-0.1, -0.05) is 48.7 Å². The summed E-state index contributed by atoms with van der Waals surface area (Å²) >= 11 is 3.52. The lowest BCUT2D eigenvalue weighted by atomic mass is 9.77. The standard InChI is InChI=1S/C16H23BrFN/c1-3-19-16(12-6-4-11(2)5-7-12)14-9-8-13(18)10-15(14)17/h8-12,16,19H,3-7H2,1-2H3. The van der Waals surface area contributed by atoms with Crippen molar-refractivity contribution in [3.8, 4) is 0 Å². The molecular weight excluding hydrogens is 305 g/mol. The van der Waals surface area contributed by atoms with Crippen molar-refractivity contribution in [3.05, 3.63) is 34.1 Å². The maximum atomic E-state index is 13.2. The van der Waals surface area contributed by atoms with E-state index in [-0.39, 0.29) is 5.82 Å². The van der Waals surface area contributed by atoms with Gasteiger partial charge >= 0.3 is 0 Å². The molecule has 106 valence electrons. The Hall–Kier alpha value is -0.410. The lowest BCUT2D eigenvalue weighted by Gasteiger charge is -2.34. The van der Waals surface area contributed by atoms with Crippen LogP contribution in [0.25, 0.3) is 0 Å². The summed E-state index contributed by atoms with van der Waals surface area (Å²) in [6.07, 6.45) is 5.15. The molecule has 1 aliphatic rings. The Labute approximate surface area is 124 Å². The predicted molar refractivity (Wildman–Crippen MR) is 81.6 cm³/mol. The second-order valence-electron chi connectivity index (χ2n) is 5.72. The number of hydrogen-bond acceptors (Lipinski definition) is 1. The number of halogens is 2. The fraction of sp³-hybridized carbons (Fsp3) is 0.625. The molecular formula is C16H23BrFN. The smallest absolute Gasteiger partial charge is 0.124 e. The highest BCUT2D eigenvalue weighted by atomic mass is 79.9. The summed E-state index contributed by atoms with van der Waals surface area (Å²) in [7, 11) is 0. The molecule has 0 saturated heterocycles. The van der Waals surface area contributed by atoms with Crippen LogP contribution >= 0.6 is 15.9 Å². The highest BCUT2D eigenvalue weighted by Crippen LogP contribution is 2.38. The first kappa shape index (κ1) is 15.0. The summed E-state index contributed by atoms with van der Waals surface area (Å²) in [5.74, 6) is 1.34. The lowest BCUT2D eigenvalue weighted by Crippen LogP contribution is -2.31. The van der Waals surface area contributed by atoms with E-state index >= 15 is 0 Å². The molecule has 0 aromatic heterocycles. The molecule has 0 amide bonds. The Kier molecular flexibility index (Phi) is 5.40. The van der Waals surface area contributed by atoms with Crippen LogP contribution in [-0.4, -0.2) is 6.54 Å². The number of benzene rings is 1. The Morgan fingerprint density at radius 1 is 1.32 bits per heavy atom. The molecule has 1 aromatic rings. The average molecular weight is 328 g/mol. The second kappa shape index (κ2) is 6.85. The van der Waals surface area contributed by atoms with E-state index < -0.39 is 0 Å². The van der Waals surface area contributed by atoms with E-state index in [1.54, 1.807) is 12.1 Å². The monoisotopic (exact) mass is 327 g/mol. The minimum Gasteiger partial charge on any atom is -0.310 e. The van der Waals surface area contributed by atoms with Gasteiger partial charge in [-0.05, 0) is 48.9 Å². The van der Waals surface area contributed by atoms with Crippen LogP contribution in [0.2, 0.25) is 0 Å². The first-order valence-electron chi connectivity index (χ1n) is 7.30. The van der Waals surface area contributed by atoms with Gasteiger partial charge in [-0.2, -0.15) is 0 Å². The van der Waals surface area contributed by atoms with Crippen molar-refractivity contribution >= 4 is 15.9 Å². The fourth-order valence-electron chi connectivity index (χ4n) is 3.12. The molecule has 1 N–H and O–H groups in total. The maximum absolute atomic E-state index is 13.2. The van der Waals surface area contributed by atoms with Gasteiger partial charge in [-0.3, -0.25) is 0 Å². The topological polar surface area (TPSA) is 12.0 Å². The summed E-state index contributed by atoms with van der Waals surface area (Å²) in [5.41, 5.74) is 1.20.